The fourth-order valence-corrected chi connectivity index (χ4v) is 2.46. The van der Waals surface area contributed by atoms with Crippen molar-refractivity contribution in [3.63, 3.8) is 0 Å². The Morgan fingerprint density at radius 1 is 1.50 bits per heavy atom. The Balaban J connectivity index is 2.17. The molecule has 1 aromatic heterocycles. The van der Waals surface area contributed by atoms with E-state index < -0.39 is 11.7 Å². The first-order chi connectivity index (χ1) is 9.63. The number of likely N-dealkylation sites (tertiary alicyclic amines) is 1. The van der Waals surface area contributed by atoms with Crippen LogP contribution in [0.25, 0.3) is 0 Å². The predicted octanol–water partition coefficient (Wildman–Crippen LogP) is 1.78. The lowest BCUT2D eigenvalue weighted by Crippen LogP contribution is -2.45. The minimum atomic E-state index is -0.639. The van der Waals surface area contributed by atoms with Gasteiger partial charge in [0.25, 0.3) is 5.91 Å². The van der Waals surface area contributed by atoms with Crippen LogP contribution in [0.15, 0.2) is 18.5 Å². The van der Waals surface area contributed by atoms with Crippen LogP contribution in [0.2, 0.25) is 0 Å². The average molecular weight is 280 g/mol. The highest BCUT2D eigenvalue weighted by Crippen LogP contribution is 2.23. The summed E-state index contributed by atoms with van der Waals surface area (Å²) in [7, 11) is 1.32. The summed E-state index contributed by atoms with van der Waals surface area (Å²) in [5.41, 5.74) is -0.00299. The molecule has 0 saturated carbocycles. The molecule has 0 bridgehead atoms. The van der Waals surface area contributed by atoms with Gasteiger partial charge >= 0.3 is 5.97 Å². The molecule has 1 aliphatic heterocycles. The van der Waals surface area contributed by atoms with Crippen molar-refractivity contribution in [3.8, 4) is 0 Å². The van der Waals surface area contributed by atoms with E-state index >= 15 is 0 Å². The lowest BCUT2D eigenvalue weighted by Gasteiger charge is -2.35. The van der Waals surface area contributed by atoms with Gasteiger partial charge < -0.3 is 9.64 Å². The second kappa shape index (κ2) is 6.45. The van der Waals surface area contributed by atoms with E-state index in [1.807, 2.05) is 0 Å². The fourth-order valence-electron chi connectivity index (χ4n) is 2.46. The second-order valence-electron chi connectivity index (χ2n) is 4.78. The molecule has 0 N–H and O–H groups in total. The van der Waals surface area contributed by atoms with Crippen LogP contribution in [0.1, 0.15) is 36.0 Å². The third-order valence-electron chi connectivity index (χ3n) is 3.52. The van der Waals surface area contributed by atoms with Gasteiger partial charge in [-0.15, -0.1) is 0 Å². The first-order valence-corrected chi connectivity index (χ1v) is 6.60. The van der Waals surface area contributed by atoms with Crippen LogP contribution in [0.5, 0.6) is 0 Å². The van der Waals surface area contributed by atoms with Crippen molar-refractivity contribution in [2.45, 2.75) is 31.7 Å². The summed E-state index contributed by atoms with van der Waals surface area (Å²) in [6, 6.07) is 1.14. The lowest BCUT2D eigenvalue weighted by atomic mass is 9.98. The number of piperidine rings is 1. The average Bonchev–Trinajstić information content (AvgIpc) is 2.47. The number of nitrogens with zero attached hydrogens (tertiary/aromatic N) is 2. The number of ether oxygens (including phenoxy) is 1. The molecule has 1 saturated heterocycles. The van der Waals surface area contributed by atoms with Gasteiger partial charge in [-0.05, 0) is 25.3 Å². The molecule has 2 heterocycles. The molecule has 20 heavy (non-hydrogen) atoms. The predicted molar refractivity (Wildman–Crippen MR) is 69.5 cm³/mol. The molecule has 0 spiro atoms. The topological polar surface area (TPSA) is 59.5 Å². The highest BCUT2D eigenvalue weighted by Gasteiger charge is 2.30. The maximum absolute atomic E-state index is 13.6. The maximum Gasteiger partial charge on any atom is 0.307 e. The zero-order valence-corrected chi connectivity index (χ0v) is 11.3. The summed E-state index contributed by atoms with van der Waals surface area (Å²) in [5.74, 6) is -1.39. The molecule has 108 valence electrons. The number of rotatable bonds is 3. The zero-order valence-electron chi connectivity index (χ0n) is 11.3. The van der Waals surface area contributed by atoms with Gasteiger partial charge in [0.05, 0.1) is 25.3 Å². The standard InChI is InChI=1S/C14H17FN2O3/c1-20-13(18)8-10-4-2-3-7-17(10)14(19)11-5-6-16-9-12(11)15/h5-6,9-10H,2-4,7-8H2,1H3. The van der Waals surface area contributed by atoms with Gasteiger partial charge in [-0.3, -0.25) is 14.6 Å². The Kier molecular flexibility index (Phi) is 4.65. The number of carbonyl (C=O) groups is 2. The third kappa shape index (κ3) is 3.12. The quantitative estimate of drug-likeness (QED) is 0.792. The molecule has 1 amide bonds. The van der Waals surface area contributed by atoms with E-state index in [0.29, 0.717) is 6.54 Å². The van der Waals surface area contributed by atoms with Crippen LogP contribution in [0, 0.1) is 5.82 Å². The summed E-state index contributed by atoms with van der Waals surface area (Å²) in [6.45, 7) is 0.530. The van der Waals surface area contributed by atoms with Crippen molar-refractivity contribution in [1.29, 1.82) is 0 Å². The van der Waals surface area contributed by atoms with Gasteiger partial charge in [-0.25, -0.2) is 4.39 Å². The van der Waals surface area contributed by atoms with E-state index in [1.165, 1.54) is 19.4 Å². The van der Waals surface area contributed by atoms with Crippen LogP contribution in [0.3, 0.4) is 0 Å². The lowest BCUT2D eigenvalue weighted by molar-refractivity contribution is -0.142. The van der Waals surface area contributed by atoms with Crippen LogP contribution in [-0.2, 0) is 9.53 Å². The molecule has 1 atom stereocenters. The van der Waals surface area contributed by atoms with Gasteiger partial charge in [0.1, 0.15) is 0 Å². The van der Waals surface area contributed by atoms with E-state index in [9.17, 15) is 14.0 Å². The van der Waals surface area contributed by atoms with Crippen molar-refractivity contribution in [2.24, 2.45) is 0 Å². The highest BCUT2D eigenvalue weighted by molar-refractivity contribution is 5.94. The summed E-state index contributed by atoms with van der Waals surface area (Å²) in [5, 5.41) is 0. The van der Waals surface area contributed by atoms with Crippen molar-refractivity contribution < 1.29 is 18.7 Å². The number of esters is 1. The number of hydrogen-bond donors (Lipinski definition) is 0. The molecule has 1 unspecified atom stereocenters. The van der Waals surface area contributed by atoms with Gasteiger partial charge in [0.2, 0.25) is 0 Å². The monoisotopic (exact) mass is 280 g/mol. The summed E-state index contributed by atoms with van der Waals surface area (Å²) >= 11 is 0. The van der Waals surface area contributed by atoms with Gasteiger partial charge in [0, 0.05) is 18.8 Å². The van der Waals surface area contributed by atoms with Crippen LogP contribution in [0.4, 0.5) is 4.39 Å². The molecule has 1 aromatic rings. The Morgan fingerprint density at radius 2 is 2.30 bits per heavy atom. The van der Waals surface area contributed by atoms with E-state index in [4.69, 9.17) is 0 Å². The number of pyridine rings is 1. The first kappa shape index (κ1) is 14.4. The van der Waals surface area contributed by atoms with Crippen molar-refractivity contribution in [1.82, 2.24) is 9.88 Å². The maximum atomic E-state index is 13.6. The number of methoxy groups -OCH3 is 1. The van der Waals surface area contributed by atoms with Crippen LogP contribution in [-0.4, -0.2) is 41.5 Å². The van der Waals surface area contributed by atoms with E-state index in [-0.39, 0.29) is 24.0 Å². The molecular weight excluding hydrogens is 263 g/mol. The molecule has 2 rings (SSSR count). The van der Waals surface area contributed by atoms with Gasteiger partial charge in [-0.1, -0.05) is 0 Å². The highest BCUT2D eigenvalue weighted by atomic mass is 19.1. The van der Waals surface area contributed by atoms with Crippen molar-refractivity contribution >= 4 is 11.9 Å². The minimum Gasteiger partial charge on any atom is -0.469 e. The largest absolute Gasteiger partial charge is 0.469 e. The van der Waals surface area contributed by atoms with E-state index in [1.54, 1.807) is 4.90 Å². The summed E-state index contributed by atoms with van der Waals surface area (Å²) in [4.78, 5) is 29.0. The van der Waals surface area contributed by atoms with Crippen LogP contribution >= 0.6 is 0 Å². The molecule has 0 aliphatic carbocycles. The molecule has 0 aromatic carbocycles. The number of amides is 1. The molecule has 0 radical (unpaired) electrons. The van der Waals surface area contributed by atoms with Crippen molar-refractivity contribution in [2.75, 3.05) is 13.7 Å². The fraction of sp³-hybridized carbons (Fsp3) is 0.500. The summed E-state index contributed by atoms with van der Waals surface area (Å²) in [6.07, 6.45) is 5.09. The number of aromatic nitrogens is 1. The van der Waals surface area contributed by atoms with E-state index in [2.05, 4.69) is 9.72 Å². The zero-order chi connectivity index (χ0) is 14.5. The SMILES string of the molecule is COC(=O)CC1CCCCN1C(=O)c1ccncc1F. The van der Waals surface area contributed by atoms with Gasteiger partial charge in [0.15, 0.2) is 5.82 Å². The Hall–Kier alpha value is -1.98. The third-order valence-corrected chi connectivity index (χ3v) is 3.52. The smallest absolute Gasteiger partial charge is 0.307 e. The molecule has 5 nitrogen and oxygen atoms in total. The number of hydrogen-bond acceptors (Lipinski definition) is 4. The molecule has 1 aliphatic rings. The molecular formula is C14H17FN2O3. The van der Waals surface area contributed by atoms with Crippen LogP contribution < -0.4 is 0 Å². The Labute approximate surface area is 116 Å². The van der Waals surface area contributed by atoms with E-state index in [0.717, 1.165) is 25.5 Å². The van der Waals surface area contributed by atoms with Gasteiger partial charge in [-0.2, -0.15) is 0 Å². The normalized spacial score (nSPS) is 18.7. The Morgan fingerprint density at radius 3 is 3.00 bits per heavy atom. The number of halogens is 1. The molecule has 6 heteroatoms. The second-order valence-corrected chi connectivity index (χ2v) is 4.78. The first-order valence-electron chi connectivity index (χ1n) is 6.60. The molecule has 1 fully saturated rings. The Bertz CT molecular complexity index is 507. The minimum absolute atomic E-state index is 0.00299. The summed E-state index contributed by atoms with van der Waals surface area (Å²) < 4.78 is 18.3. The number of carbonyl (C=O) groups excluding carboxylic acids is 2. The van der Waals surface area contributed by atoms with Crippen molar-refractivity contribution in [3.05, 3.63) is 29.8 Å².